The third kappa shape index (κ3) is 3.97. The van der Waals surface area contributed by atoms with Crippen LogP contribution < -0.4 is 10.6 Å². The van der Waals surface area contributed by atoms with Crippen molar-refractivity contribution in [1.82, 2.24) is 0 Å². The average molecular weight is 240 g/mol. The van der Waals surface area contributed by atoms with E-state index in [0.29, 0.717) is 5.37 Å². The SMILES string of the molecule is CC.CC.CNc1ccc2c(c1)SC(C)N2. The summed E-state index contributed by atoms with van der Waals surface area (Å²) in [6.45, 7) is 10.2. The van der Waals surface area contributed by atoms with Crippen molar-refractivity contribution in [1.29, 1.82) is 0 Å². The van der Waals surface area contributed by atoms with E-state index in [4.69, 9.17) is 0 Å². The number of thioether (sulfide) groups is 1. The predicted octanol–water partition coefficient (Wildman–Crippen LogP) is 4.64. The molecular weight excluding hydrogens is 216 g/mol. The maximum absolute atomic E-state index is 3.38. The van der Waals surface area contributed by atoms with Gasteiger partial charge in [0.25, 0.3) is 0 Å². The Morgan fingerprint density at radius 1 is 1.19 bits per heavy atom. The van der Waals surface area contributed by atoms with Crippen molar-refractivity contribution in [2.45, 2.75) is 44.9 Å². The highest BCUT2D eigenvalue weighted by Gasteiger charge is 2.16. The van der Waals surface area contributed by atoms with Crippen LogP contribution in [0.5, 0.6) is 0 Å². The van der Waals surface area contributed by atoms with Crippen molar-refractivity contribution in [2.75, 3.05) is 17.7 Å². The van der Waals surface area contributed by atoms with Gasteiger partial charge in [-0.05, 0) is 25.1 Å². The monoisotopic (exact) mass is 240 g/mol. The highest BCUT2D eigenvalue weighted by Crippen LogP contribution is 2.39. The first-order valence-electron chi connectivity index (χ1n) is 6.04. The maximum Gasteiger partial charge on any atom is 0.0741 e. The van der Waals surface area contributed by atoms with E-state index in [1.54, 1.807) is 0 Å². The highest BCUT2D eigenvalue weighted by molar-refractivity contribution is 8.00. The molecular formula is C13H24N2S. The zero-order chi connectivity index (χ0) is 12.6. The van der Waals surface area contributed by atoms with Gasteiger partial charge in [0.15, 0.2) is 0 Å². The number of fused-ring (bicyclic) bond motifs is 1. The molecule has 0 bridgehead atoms. The molecule has 0 amide bonds. The Hall–Kier alpha value is -0.830. The van der Waals surface area contributed by atoms with E-state index >= 15 is 0 Å². The summed E-state index contributed by atoms with van der Waals surface area (Å²) in [6.07, 6.45) is 0. The fraction of sp³-hybridized carbons (Fsp3) is 0.538. The van der Waals surface area contributed by atoms with Crippen molar-refractivity contribution in [3.63, 3.8) is 0 Å². The van der Waals surface area contributed by atoms with E-state index in [2.05, 4.69) is 35.8 Å². The molecule has 0 radical (unpaired) electrons. The maximum atomic E-state index is 3.38. The second-order valence-corrected chi connectivity index (χ2v) is 4.25. The first-order chi connectivity index (χ1) is 7.79. The van der Waals surface area contributed by atoms with Crippen LogP contribution in [0.15, 0.2) is 23.1 Å². The van der Waals surface area contributed by atoms with Crippen molar-refractivity contribution in [3.05, 3.63) is 18.2 Å². The minimum Gasteiger partial charge on any atom is -0.388 e. The first kappa shape index (κ1) is 15.2. The van der Waals surface area contributed by atoms with Crippen LogP contribution in [0.3, 0.4) is 0 Å². The fourth-order valence-electron chi connectivity index (χ4n) is 1.33. The quantitative estimate of drug-likeness (QED) is 0.747. The van der Waals surface area contributed by atoms with Gasteiger partial charge in [0.2, 0.25) is 0 Å². The van der Waals surface area contributed by atoms with Crippen LogP contribution in [0, 0.1) is 0 Å². The van der Waals surface area contributed by atoms with Gasteiger partial charge >= 0.3 is 0 Å². The Balaban J connectivity index is 0.000000509. The molecule has 0 fully saturated rings. The van der Waals surface area contributed by atoms with Gasteiger partial charge in [-0.15, -0.1) is 0 Å². The van der Waals surface area contributed by atoms with Crippen molar-refractivity contribution in [3.8, 4) is 0 Å². The van der Waals surface area contributed by atoms with E-state index in [1.165, 1.54) is 16.3 Å². The zero-order valence-corrected chi connectivity index (χ0v) is 12.0. The minimum atomic E-state index is 0.507. The van der Waals surface area contributed by atoms with Crippen LogP contribution in [0.1, 0.15) is 34.6 Å². The third-order valence-electron chi connectivity index (χ3n) is 1.93. The molecule has 0 spiro atoms. The molecule has 2 N–H and O–H groups in total. The predicted molar refractivity (Wildman–Crippen MR) is 77.6 cm³/mol. The largest absolute Gasteiger partial charge is 0.388 e. The number of hydrogen-bond acceptors (Lipinski definition) is 3. The molecule has 0 saturated carbocycles. The number of benzene rings is 1. The highest BCUT2D eigenvalue weighted by atomic mass is 32.2. The Morgan fingerprint density at radius 2 is 1.81 bits per heavy atom. The second-order valence-electron chi connectivity index (χ2n) is 2.87. The van der Waals surface area contributed by atoms with Crippen LogP contribution in [-0.2, 0) is 0 Å². The van der Waals surface area contributed by atoms with E-state index < -0.39 is 0 Å². The molecule has 2 nitrogen and oxygen atoms in total. The molecule has 1 atom stereocenters. The molecule has 1 aromatic rings. The van der Waals surface area contributed by atoms with Gasteiger partial charge in [0, 0.05) is 23.3 Å². The summed E-state index contributed by atoms with van der Waals surface area (Å²) in [5.41, 5.74) is 2.43. The smallest absolute Gasteiger partial charge is 0.0741 e. The minimum absolute atomic E-state index is 0.507. The van der Waals surface area contributed by atoms with Gasteiger partial charge in [-0.1, -0.05) is 39.5 Å². The molecule has 0 saturated heterocycles. The molecule has 92 valence electrons. The summed E-state index contributed by atoms with van der Waals surface area (Å²) in [5.74, 6) is 0. The number of anilines is 2. The van der Waals surface area contributed by atoms with Crippen LogP contribution in [0.4, 0.5) is 11.4 Å². The van der Waals surface area contributed by atoms with Gasteiger partial charge in [-0.2, -0.15) is 0 Å². The van der Waals surface area contributed by atoms with Gasteiger partial charge in [-0.3, -0.25) is 0 Å². The normalized spacial score (nSPS) is 15.8. The summed E-state index contributed by atoms with van der Waals surface area (Å²) >= 11 is 1.87. The lowest BCUT2D eigenvalue weighted by Gasteiger charge is -2.02. The average Bonchev–Trinajstić information content (AvgIpc) is 2.73. The molecule has 1 unspecified atom stereocenters. The molecule has 1 aliphatic heterocycles. The number of hydrogen-bond donors (Lipinski definition) is 2. The number of rotatable bonds is 1. The van der Waals surface area contributed by atoms with Crippen LogP contribution in [0.2, 0.25) is 0 Å². The summed E-state index contributed by atoms with van der Waals surface area (Å²) in [5, 5.41) is 7.02. The van der Waals surface area contributed by atoms with Gasteiger partial charge in [0.05, 0.1) is 5.37 Å². The molecule has 16 heavy (non-hydrogen) atoms. The van der Waals surface area contributed by atoms with E-state index in [-0.39, 0.29) is 0 Å². The second kappa shape index (κ2) is 8.34. The third-order valence-corrected chi connectivity index (χ3v) is 3.00. The van der Waals surface area contributed by atoms with Crippen LogP contribution in [0.25, 0.3) is 0 Å². The first-order valence-corrected chi connectivity index (χ1v) is 6.92. The van der Waals surface area contributed by atoms with Crippen molar-refractivity contribution < 1.29 is 0 Å². The van der Waals surface area contributed by atoms with Crippen molar-refractivity contribution in [2.24, 2.45) is 0 Å². The molecule has 1 aromatic carbocycles. The lowest BCUT2D eigenvalue weighted by molar-refractivity contribution is 1.15. The van der Waals surface area contributed by atoms with Crippen LogP contribution in [-0.4, -0.2) is 12.4 Å². The lowest BCUT2D eigenvalue weighted by Crippen LogP contribution is -2.02. The molecule has 1 aliphatic rings. The summed E-state index contributed by atoms with van der Waals surface area (Å²) in [7, 11) is 1.94. The fourth-order valence-corrected chi connectivity index (χ4v) is 2.35. The van der Waals surface area contributed by atoms with Gasteiger partial charge in [0.1, 0.15) is 0 Å². The van der Waals surface area contributed by atoms with E-state index in [0.717, 1.165) is 0 Å². The molecule has 0 aliphatic carbocycles. The summed E-state index contributed by atoms with van der Waals surface area (Å²) in [6, 6.07) is 6.39. The lowest BCUT2D eigenvalue weighted by atomic mass is 10.3. The molecule has 0 aromatic heterocycles. The Bertz CT molecular complexity index is 300. The van der Waals surface area contributed by atoms with Gasteiger partial charge in [-0.25, -0.2) is 0 Å². The Kier molecular flexibility index (Phi) is 7.90. The molecule has 1 heterocycles. The number of nitrogens with one attached hydrogen (secondary N) is 2. The molecule has 3 heteroatoms. The summed E-state index contributed by atoms with van der Waals surface area (Å²) in [4.78, 5) is 1.34. The van der Waals surface area contributed by atoms with E-state index in [1.807, 2.05) is 46.5 Å². The molecule has 2 rings (SSSR count). The zero-order valence-electron chi connectivity index (χ0n) is 11.2. The topological polar surface area (TPSA) is 24.1 Å². The Labute approximate surface area is 104 Å². The van der Waals surface area contributed by atoms with Crippen molar-refractivity contribution >= 4 is 23.1 Å². The Morgan fingerprint density at radius 3 is 2.38 bits per heavy atom. The van der Waals surface area contributed by atoms with E-state index in [9.17, 15) is 0 Å². The van der Waals surface area contributed by atoms with Gasteiger partial charge < -0.3 is 10.6 Å². The summed E-state index contributed by atoms with van der Waals surface area (Å²) < 4.78 is 0. The van der Waals surface area contributed by atoms with Crippen LogP contribution >= 0.6 is 11.8 Å². The standard InChI is InChI=1S/C9H12N2S.2C2H6/c1-6-11-8-4-3-7(10-2)5-9(8)12-6;2*1-2/h3-6,10-11H,1-2H3;2*1-2H3.